The third-order valence-electron chi connectivity index (χ3n) is 1.49. The van der Waals surface area contributed by atoms with Gasteiger partial charge in [-0.05, 0) is 0 Å². The minimum absolute atomic E-state index is 0.0511. The highest BCUT2D eigenvalue weighted by atomic mass is 19.4. The predicted octanol–water partition coefficient (Wildman–Crippen LogP) is 2.99. The van der Waals surface area contributed by atoms with Gasteiger partial charge in [0.1, 0.15) is 18.7 Å². The Morgan fingerprint density at radius 2 is 1.87 bits per heavy atom. The molecule has 0 saturated heterocycles. The topological polar surface area (TPSA) is 30.7 Å². The Bertz CT molecular complexity index is 278. The van der Waals surface area contributed by atoms with Gasteiger partial charge in [-0.1, -0.05) is 27.7 Å². The first kappa shape index (κ1) is 13.9. The van der Waals surface area contributed by atoms with Gasteiger partial charge in [-0.2, -0.15) is 18.3 Å². The highest BCUT2D eigenvalue weighted by Crippen LogP contribution is 2.19. The lowest BCUT2D eigenvalue weighted by Crippen LogP contribution is -2.21. The van der Waals surface area contributed by atoms with E-state index in [1.54, 1.807) is 13.8 Å². The summed E-state index contributed by atoms with van der Waals surface area (Å²) in [4.78, 5) is 3.75. The summed E-state index contributed by atoms with van der Waals surface area (Å²) in [5.74, 6) is 0.308. The van der Waals surface area contributed by atoms with Gasteiger partial charge in [0.2, 0.25) is 0 Å². The van der Waals surface area contributed by atoms with Gasteiger partial charge in [0.15, 0.2) is 0 Å². The molecule has 0 fully saturated rings. The van der Waals surface area contributed by atoms with Crippen LogP contribution in [0.5, 0.6) is 0 Å². The average molecular weight is 223 g/mol. The predicted molar refractivity (Wildman–Crippen MR) is 51.5 cm³/mol. The van der Waals surface area contributed by atoms with E-state index >= 15 is 0 Å². The standard InChI is InChI=1S/C7H10F3N3.C2H6/c1-5(2)6-11-4-12-13(6)3-7(8,9)10;1-2/h4-5H,3H2,1-2H3;1-2H3. The number of rotatable bonds is 2. The fourth-order valence-electron chi connectivity index (χ4n) is 1.01. The molecule has 0 aliphatic carbocycles. The number of alkyl halides is 3. The van der Waals surface area contributed by atoms with Crippen LogP contribution in [0.25, 0.3) is 0 Å². The van der Waals surface area contributed by atoms with Crippen molar-refractivity contribution in [3.05, 3.63) is 12.2 Å². The second-order valence-corrected chi connectivity index (χ2v) is 3.05. The summed E-state index contributed by atoms with van der Waals surface area (Å²) in [5.41, 5.74) is 0. The maximum absolute atomic E-state index is 12.0. The molecule has 3 nitrogen and oxygen atoms in total. The summed E-state index contributed by atoms with van der Waals surface area (Å²) in [7, 11) is 0. The van der Waals surface area contributed by atoms with Crippen LogP contribution in [0.2, 0.25) is 0 Å². The molecule has 1 rings (SSSR count). The molecule has 0 unspecified atom stereocenters. The molecular formula is C9H16F3N3. The maximum atomic E-state index is 12.0. The van der Waals surface area contributed by atoms with Crippen LogP contribution in [0.15, 0.2) is 6.33 Å². The lowest BCUT2D eigenvalue weighted by atomic mass is 10.2. The van der Waals surface area contributed by atoms with Gasteiger partial charge in [0, 0.05) is 5.92 Å². The fourth-order valence-corrected chi connectivity index (χ4v) is 1.01. The molecule has 0 aliphatic heterocycles. The molecule has 0 saturated carbocycles. The molecule has 15 heavy (non-hydrogen) atoms. The van der Waals surface area contributed by atoms with Crippen molar-refractivity contribution < 1.29 is 13.2 Å². The van der Waals surface area contributed by atoms with Crippen molar-refractivity contribution >= 4 is 0 Å². The monoisotopic (exact) mass is 223 g/mol. The molecule has 1 aromatic rings. The van der Waals surface area contributed by atoms with E-state index in [1.165, 1.54) is 0 Å². The first-order valence-electron chi connectivity index (χ1n) is 4.84. The third kappa shape index (κ3) is 4.80. The minimum Gasteiger partial charge on any atom is -0.241 e. The highest BCUT2D eigenvalue weighted by molar-refractivity contribution is 4.91. The van der Waals surface area contributed by atoms with Crippen molar-refractivity contribution in [2.45, 2.75) is 46.3 Å². The SMILES string of the molecule is CC.CC(C)c1ncnn1CC(F)(F)F. The molecule has 0 spiro atoms. The van der Waals surface area contributed by atoms with E-state index in [0.717, 1.165) is 11.0 Å². The fraction of sp³-hybridized carbons (Fsp3) is 0.778. The summed E-state index contributed by atoms with van der Waals surface area (Å²) in [5, 5.41) is 3.51. The highest BCUT2D eigenvalue weighted by Gasteiger charge is 2.29. The van der Waals surface area contributed by atoms with Crippen LogP contribution in [0.4, 0.5) is 13.2 Å². The van der Waals surface area contributed by atoms with Gasteiger partial charge in [0.25, 0.3) is 0 Å². The van der Waals surface area contributed by atoms with Crippen LogP contribution < -0.4 is 0 Å². The maximum Gasteiger partial charge on any atom is 0.408 e. The Morgan fingerprint density at radius 1 is 1.33 bits per heavy atom. The van der Waals surface area contributed by atoms with E-state index in [2.05, 4.69) is 10.1 Å². The van der Waals surface area contributed by atoms with Gasteiger partial charge in [0.05, 0.1) is 0 Å². The molecule has 1 aromatic heterocycles. The molecule has 0 bridgehead atoms. The Balaban J connectivity index is 0.000000921. The van der Waals surface area contributed by atoms with Crippen molar-refractivity contribution in [2.75, 3.05) is 0 Å². The number of aromatic nitrogens is 3. The van der Waals surface area contributed by atoms with Crippen LogP contribution in [0.1, 0.15) is 39.4 Å². The largest absolute Gasteiger partial charge is 0.408 e. The Labute approximate surface area is 87.3 Å². The number of hydrogen-bond donors (Lipinski definition) is 0. The smallest absolute Gasteiger partial charge is 0.241 e. The summed E-state index contributed by atoms with van der Waals surface area (Å²) < 4.78 is 36.8. The molecule has 0 aromatic carbocycles. The zero-order valence-electron chi connectivity index (χ0n) is 9.34. The van der Waals surface area contributed by atoms with Crippen molar-refractivity contribution in [1.82, 2.24) is 14.8 Å². The third-order valence-corrected chi connectivity index (χ3v) is 1.49. The Hall–Kier alpha value is -1.07. The number of nitrogens with zero attached hydrogens (tertiary/aromatic N) is 3. The van der Waals surface area contributed by atoms with Crippen molar-refractivity contribution in [3.8, 4) is 0 Å². The molecule has 1 heterocycles. The number of hydrogen-bond acceptors (Lipinski definition) is 2. The van der Waals surface area contributed by atoms with E-state index in [0.29, 0.717) is 5.82 Å². The van der Waals surface area contributed by atoms with Crippen molar-refractivity contribution in [1.29, 1.82) is 0 Å². The molecule has 0 amide bonds. The van der Waals surface area contributed by atoms with E-state index in [9.17, 15) is 13.2 Å². The first-order chi connectivity index (χ1) is 6.90. The van der Waals surface area contributed by atoms with Gasteiger partial charge >= 0.3 is 6.18 Å². The minimum atomic E-state index is -4.24. The van der Waals surface area contributed by atoms with Gasteiger partial charge in [-0.3, -0.25) is 0 Å². The van der Waals surface area contributed by atoms with Crippen LogP contribution in [0, 0.1) is 0 Å². The quantitative estimate of drug-likeness (QED) is 0.771. The zero-order chi connectivity index (χ0) is 12.1. The molecule has 88 valence electrons. The van der Waals surface area contributed by atoms with E-state index in [4.69, 9.17) is 0 Å². The zero-order valence-corrected chi connectivity index (χ0v) is 9.34. The summed E-state index contributed by atoms with van der Waals surface area (Å²) >= 11 is 0. The molecule has 0 N–H and O–H groups in total. The van der Waals surface area contributed by atoms with Crippen LogP contribution in [-0.2, 0) is 6.54 Å². The second-order valence-electron chi connectivity index (χ2n) is 3.05. The van der Waals surface area contributed by atoms with Gasteiger partial charge < -0.3 is 0 Å². The second kappa shape index (κ2) is 5.72. The van der Waals surface area contributed by atoms with E-state index in [-0.39, 0.29) is 5.92 Å². The lowest BCUT2D eigenvalue weighted by Gasteiger charge is -2.10. The van der Waals surface area contributed by atoms with E-state index in [1.807, 2.05) is 13.8 Å². The summed E-state index contributed by atoms with van der Waals surface area (Å²) in [6, 6.07) is 0. The van der Waals surface area contributed by atoms with Crippen molar-refractivity contribution in [3.63, 3.8) is 0 Å². The summed E-state index contributed by atoms with van der Waals surface area (Å²) in [6.45, 7) is 6.48. The van der Waals surface area contributed by atoms with Crippen LogP contribution >= 0.6 is 0 Å². The van der Waals surface area contributed by atoms with Gasteiger partial charge in [-0.15, -0.1) is 0 Å². The summed E-state index contributed by atoms with van der Waals surface area (Å²) in [6.07, 6.45) is -3.10. The normalized spacial score (nSPS) is 11.2. The average Bonchev–Trinajstić information content (AvgIpc) is 2.53. The van der Waals surface area contributed by atoms with Gasteiger partial charge in [-0.25, -0.2) is 9.67 Å². The van der Waals surface area contributed by atoms with Crippen LogP contribution in [-0.4, -0.2) is 20.9 Å². The van der Waals surface area contributed by atoms with Crippen LogP contribution in [0.3, 0.4) is 0 Å². The van der Waals surface area contributed by atoms with Crippen molar-refractivity contribution in [2.24, 2.45) is 0 Å². The first-order valence-corrected chi connectivity index (χ1v) is 4.84. The lowest BCUT2D eigenvalue weighted by molar-refractivity contribution is -0.143. The molecule has 0 atom stereocenters. The number of halogens is 3. The molecule has 0 radical (unpaired) electrons. The molecule has 6 heteroatoms. The van der Waals surface area contributed by atoms with E-state index < -0.39 is 12.7 Å². The Kier molecular flexibility index (Phi) is 5.32. The molecule has 0 aliphatic rings. The Morgan fingerprint density at radius 3 is 2.27 bits per heavy atom. The molecular weight excluding hydrogens is 207 g/mol.